The molecule has 0 unspecified atom stereocenters. The van der Waals surface area contributed by atoms with Crippen LogP contribution in [-0.2, 0) is 4.79 Å². The number of thioether (sulfide) groups is 1. The van der Waals surface area contributed by atoms with Crippen LogP contribution in [0.4, 0.5) is 0 Å². The molecule has 1 amide bonds. The monoisotopic (exact) mass is 397 g/mol. The number of carbonyl (C=O) groups is 1. The number of hydrogen-bond acceptors (Lipinski definition) is 5. The first-order valence-corrected chi connectivity index (χ1v) is 10.6. The minimum absolute atomic E-state index is 0.0988. The molecule has 0 atom stereocenters. The fourth-order valence-corrected chi connectivity index (χ4v) is 4.14. The van der Waals surface area contributed by atoms with Gasteiger partial charge in [-0.3, -0.25) is 9.59 Å². The summed E-state index contributed by atoms with van der Waals surface area (Å²) < 4.78 is 1.66. The Hall–Kier alpha value is -2.61. The molecule has 1 aromatic carbocycles. The van der Waals surface area contributed by atoms with Gasteiger partial charge in [0.25, 0.3) is 5.56 Å². The summed E-state index contributed by atoms with van der Waals surface area (Å²) in [5, 5.41) is 5.20. The first kappa shape index (κ1) is 18.7. The molecule has 3 aromatic rings. The van der Waals surface area contributed by atoms with E-state index in [-0.39, 0.29) is 17.2 Å². The van der Waals surface area contributed by atoms with Crippen LogP contribution in [0.15, 0.2) is 40.4 Å². The van der Waals surface area contributed by atoms with Gasteiger partial charge in [0.15, 0.2) is 10.8 Å². The fraction of sp³-hybridized carbons (Fsp3) is 0.400. The van der Waals surface area contributed by atoms with Crippen molar-refractivity contribution in [1.29, 1.82) is 0 Å². The summed E-state index contributed by atoms with van der Waals surface area (Å²) in [6.45, 7) is 3.66. The summed E-state index contributed by atoms with van der Waals surface area (Å²) in [6, 6.07) is 7.87. The number of nitrogens with one attached hydrogen (secondary N) is 1. The lowest BCUT2D eigenvalue weighted by Gasteiger charge is -2.19. The molecule has 7 nitrogen and oxygen atoms in total. The number of fused-ring (bicyclic) bond motifs is 1. The van der Waals surface area contributed by atoms with E-state index in [1.165, 1.54) is 30.8 Å². The van der Waals surface area contributed by atoms with E-state index < -0.39 is 0 Å². The molecule has 0 bridgehead atoms. The number of H-pyrrole nitrogens is 1. The number of hydrogen-bond donors (Lipinski definition) is 1. The smallest absolute Gasteiger partial charge is 0.262 e. The Kier molecular flexibility index (Phi) is 5.47. The molecule has 0 radical (unpaired) electrons. The van der Waals surface area contributed by atoms with Crippen molar-refractivity contribution in [3.05, 3.63) is 46.4 Å². The number of aromatic amines is 1. The topological polar surface area (TPSA) is 83.9 Å². The van der Waals surface area contributed by atoms with Gasteiger partial charge in [0.05, 0.1) is 17.6 Å². The third kappa shape index (κ3) is 3.96. The molecule has 2 aromatic heterocycles. The van der Waals surface area contributed by atoms with Crippen LogP contribution in [-0.4, -0.2) is 49.4 Å². The van der Waals surface area contributed by atoms with Gasteiger partial charge in [-0.25, -0.2) is 9.67 Å². The third-order valence-electron chi connectivity index (χ3n) is 4.99. The third-order valence-corrected chi connectivity index (χ3v) is 5.84. The Morgan fingerprint density at radius 2 is 1.86 bits per heavy atom. The predicted octanol–water partition coefficient (Wildman–Crippen LogP) is 2.91. The van der Waals surface area contributed by atoms with E-state index in [4.69, 9.17) is 0 Å². The number of amides is 1. The molecule has 1 saturated heterocycles. The molecule has 1 aliphatic rings. The van der Waals surface area contributed by atoms with E-state index in [1.54, 1.807) is 4.68 Å². The molecule has 4 rings (SSSR count). The second-order valence-corrected chi connectivity index (χ2v) is 8.05. The van der Waals surface area contributed by atoms with Gasteiger partial charge in [-0.05, 0) is 31.9 Å². The zero-order valence-corrected chi connectivity index (χ0v) is 16.7. The van der Waals surface area contributed by atoms with Crippen molar-refractivity contribution in [1.82, 2.24) is 24.6 Å². The Morgan fingerprint density at radius 1 is 1.14 bits per heavy atom. The number of aryl methyl sites for hydroxylation is 1. The average Bonchev–Trinajstić information content (AvgIpc) is 2.93. The van der Waals surface area contributed by atoms with Crippen molar-refractivity contribution in [3.63, 3.8) is 0 Å². The van der Waals surface area contributed by atoms with Gasteiger partial charge < -0.3 is 9.88 Å². The number of benzene rings is 1. The van der Waals surface area contributed by atoms with E-state index in [1.807, 2.05) is 36.1 Å². The van der Waals surface area contributed by atoms with Crippen LogP contribution in [0.3, 0.4) is 0 Å². The molecule has 1 fully saturated rings. The quantitative estimate of drug-likeness (QED) is 0.541. The lowest BCUT2D eigenvalue weighted by molar-refractivity contribution is -0.128. The number of aromatic nitrogens is 4. The maximum Gasteiger partial charge on any atom is 0.262 e. The standard InChI is InChI=1S/C20H23N5O2S/c1-14-6-8-15(9-7-14)25-18-16(12-21-25)19(27)23-20(22-18)28-13-17(26)24-10-4-2-3-5-11-24/h6-9,12H,2-5,10-11,13H2,1H3,(H,22,23,27). The maximum absolute atomic E-state index is 12.5. The van der Waals surface area contributed by atoms with Crippen LogP contribution >= 0.6 is 11.8 Å². The highest BCUT2D eigenvalue weighted by Gasteiger charge is 2.17. The Balaban J connectivity index is 1.56. The van der Waals surface area contributed by atoms with E-state index in [9.17, 15) is 9.59 Å². The summed E-state index contributed by atoms with van der Waals surface area (Å²) in [4.78, 5) is 34.2. The molecule has 1 N–H and O–H groups in total. The second kappa shape index (κ2) is 8.18. The molecule has 3 heterocycles. The van der Waals surface area contributed by atoms with Crippen molar-refractivity contribution in [2.24, 2.45) is 0 Å². The molecule has 28 heavy (non-hydrogen) atoms. The lowest BCUT2D eigenvalue weighted by atomic mass is 10.2. The fourth-order valence-electron chi connectivity index (χ4n) is 3.38. The second-order valence-electron chi connectivity index (χ2n) is 7.08. The maximum atomic E-state index is 12.5. The minimum Gasteiger partial charge on any atom is -0.342 e. The molecule has 1 aliphatic heterocycles. The van der Waals surface area contributed by atoms with E-state index in [0.29, 0.717) is 16.2 Å². The van der Waals surface area contributed by atoms with Gasteiger partial charge in [0.2, 0.25) is 5.91 Å². The first-order valence-electron chi connectivity index (χ1n) is 9.57. The van der Waals surface area contributed by atoms with Crippen LogP contribution in [0.2, 0.25) is 0 Å². The lowest BCUT2D eigenvalue weighted by Crippen LogP contribution is -2.33. The van der Waals surface area contributed by atoms with Crippen molar-refractivity contribution < 1.29 is 4.79 Å². The van der Waals surface area contributed by atoms with Crippen LogP contribution in [0.1, 0.15) is 31.2 Å². The number of nitrogens with zero attached hydrogens (tertiary/aromatic N) is 4. The van der Waals surface area contributed by atoms with Crippen molar-refractivity contribution in [3.8, 4) is 5.69 Å². The van der Waals surface area contributed by atoms with E-state index in [0.717, 1.165) is 37.2 Å². The van der Waals surface area contributed by atoms with E-state index in [2.05, 4.69) is 15.1 Å². The van der Waals surface area contributed by atoms with Crippen LogP contribution in [0, 0.1) is 6.92 Å². The van der Waals surface area contributed by atoms with Crippen molar-refractivity contribution >= 4 is 28.7 Å². The number of carbonyl (C=O) groups excluding carboxylic acids is 1. The molecule has 0 saturated carbocycles. The zero-order valence-electron chi connectivity index (χ0n) is 15.9. The summed E-state index contributed by atoms with van der Waals surface area (Å²) in [7, 11) is 0. The van der Waals surface area contributed by atoms with Gasteiger partial charge in [-0.2, -0.15) is 5.10 Å². The van der Waals surface area contributed by atoms with Gasteiger partial charge in [0.1, 0.15) is 5.39 Å². The first-order chi connectivity index (χ1) is 13.6. The Bertz CT molecular complexity index is 1030. The Labute approximate surface area is 167 Å². The molecule has 8 heteroatoms. The van der Waals surface area contributed by atoms with Gasteiger partial charge in [-0.1, -0.05) is 42.3 Å². The molecular weight excluding hydrogens is 374 g/mol. The summed E-state index contributed by atoms with van der Waals surface area (Å²) in [6.07, 6.45) is 6.02. The zero-order chi connectivity index (χ0) is 19.5. The van der Waals surface area contributed by atoms with E-state index >= 15 is 0 Å². The highest BCUT2D eigenvalue weighted by Crippen LogP contribution is 2.19. The minimum atomic E-state index is -0.243. The van der Waals surface area contributed by atoms with Gasteiger partial charge >= 0.3 is 0 Å². The largest absolute Gasteiger partial charge is 0.342 e. The molecule has 0 spiro atoms. The van der Waals surface area contributed by atoms with Crippen LogP contribution in [0.5, 0.6) is 0 Å². The van der Waals surface area contributed by atoms with Crippen LogP contribution < -0.4 is 5.56 Å². The van der Waals surface area contributed by atoms with Crippen molar-refractivity contribution in [2.45, 2.75) is 37.8 Å². The summed E-state index contributed by atoms with van der Waals surface area (Å²) in [5.74, 6) is 0.370. The Morgan fingerprint density at radius 3 is 2.57 bits per heavy atom. The molecule has 146 valence electrons. The SMILES string of the molecule is Cc1ccc(-n2ncc3c(=O)[nH]c(SCC(=O)N4CCCCCC4)nc32)cc1. The highest BCUT2D eigenvalue weighted by atomic mass is 32.2. The molecular formula is C20H23N5O2S. The predicted molar refractivity (Wildman–Crippen MR) is 110 cm³/mol. The van der Waals surface area contributed by atoms with Gasteiger partial charge in [0, 0.05) is 13.1 Å². The van der Waals surface area contributed by atoms with Crippen molar-refractivity contribution in [2.75, 3.05) is 18.8 Å². The van der Waals surface area contributed by atoms with Gasteiger partial charge in [-0.15, -0.1) is 0 Å². The highest BCUT2D eigenvalue weighted by molar-refractivity contribution is 7.99. The number of likely N-dealkylation sites (tertiary alicyclic amines) is 1. The average molecular weight is 398 g/mol. The summed E-state index contributed by atoms with van der Waals surface area (Å²) in [5.41, 5.74) is 2.25. The molecule has 0 aliphatic carbocycles. The van der Waals surface area contributed by atoms with Crippen LogP contribution in [0.25, 0.3) is 16.7 Å². The normalized spacial score (nSPS) is 15.0. The summed E-state index contributed by atoms with van der Waals surface area (Å²) >= 11 is 1.27. The number of rotatable bonds is 4.